The number of fused-ring (bicyclic) bond motifs is 3. The molecule has 2 saturated carbocycles. The van der Waals surface area contributed by atoms with Crippen molar-refractivity contribution in [3.8, 4) is 0 Å². The second-order valence-corrected chi connectivity index (χ2v) is 7.71. The van der Waals surface area contributed by atoms with E-state index >= 15 is 0 Å². The summed E-state index contributed by atoms with van der Waals surface area (Å²) < 4.78 is 0. The van der Waals surface area contributed by atoms with Crippen LogP contribution in [-0.2, 0) is 4.79 Å². The Hall–Kier alpha value is -0.450. The topological polar surface area (TPSA) is 61.4 Å². The fourth-order valence-corrected chi connectivity index (χ4v) is 4.84. The minimum absolute atomic E-state index is 0.0421. The van der Waals surface area contributed by atoms with E-state index in [9.17, 15) is 10.0 Å². The van der Waals surface area contributed by atoms with E-state index in [1.807, 2.05) is 0 Å². The summed E-state index contributed by atoms with van der Waals surface area (Å²) in [6.07, 6.45) is 8.08. The first-order valence-electron chi connectivity index (χ1n) is 8.22. The maximum absolute atomic E-state index is 13.0. The first-order chi connectivity index (χ1) is 9.48. The highest BCUT2D eigenvalue weighted by atomic mass is 16.5. The van der Waals surface area contributed by atoms with Crippen molar-refractivity contribution in [1.29, 1.82) is 0 Å². The van der Waals surface area contributed by atoms with Crippen LogP contribution in [0.1, 0.15) is 65.2 Å². The summed E-state index contributed by atoms with van der Waals surface area (Å²) in [5.74, 6) is 0.778. The summed E-state index contributed by atoms with van der Waals surface area (Å²) in [7, 11) is 0. The van der Waals surface area contributed by atoms with Crippen molar-refractivity contribution in [3.05, 3.63) is 0 Å². The summed E-state index contributed by atoms with van der Waals surface area (Å²) in [5.41, 5.74) is 1.83. The van der Waals surface area contributed by atoms with Crippen LogP contribution in [-0.4, -0.2) is 28.1 Å². The SMILES string of the molecule is CC1(C)N[C@@H]2CCC[C@@H]2C(=O)C2(NO)CCCC[C@H]1C2. The van der Waals surface area contributed by atoms with Crippen LogP contribution in [0.3, 0.4) is 0 Å². The van der Waals surface area contributed by atoms with Gasteiger partial charge >= 0.3 is 0 Å². The second-order valence-electron chi connectivity index (χ2n) is 7.71. The van der Waals surface area contributed by atoms with Crippen molar-refractivity contribution in [2.24, 2.45) is 11.8 Å². The number of hydrogen-bond acceptors (Lipinski definition) is 4. The highest BCUT2D eigenvalue weighted by Gasteiger charge is 2.52. The molecule has 114 valence electrons. The Morgan fingerprint density at radius 1 is 1.20 bits per heavy atom. The van der Waals surface area contributed by atoms with Gasteiger partial charge in [-0.1, -0.05) is 19.3 Å². The molecule has 0 amide bonds. The van der Waals surface area contributed by atoms with Crippen molar-refractivity contribution in [1.82, 2.24) is 10.8 Å². The van der Waals surface area contributed by atoms with Crippen LogP contribution in [0.5, 0.6) is 0 Å². The highest BCUT2D eigenvalue weighted by Crippen LogP contribution is 2.43. The summed E-state index contributed by atoms with van der Waals surface area (Å²) >= 11 is 0. The van der Waals surface area contributed by atoms with E-state index in [2.05, 4.69) is 24.6 Å². The lowest BCUT2D eigenvalue weighted by molar-refractivity contribution is -0.138. The van der Waals surface area contributed by atoms with Crippen LogP contribution >= 0.6 is 0 Å². The number of ketones is 1. The lowest BCUT2D eigenvalue weighted by Gasteiger charge is -2.46. The quantitative estimate of drug-likeness (QED) is 0.646. The molecule has 2 bridgehead atoms. The van der Waals surface area contributed by atoms with Gasteiger partial charge in [-0.05, 0) is 51.9 Å². The molecule has 4 heteroatoms. The van der Waals surface area contributed by atoms with Crippen LogP contribution < -0.4 is 10.8 Å². The van der Waals surface area contributed by atoms with Gasteiger partial charge in [0.25, 0.3) is 0 Å². The van der Waals surface area contributed by atoms with Gasteiger partial charge in [0.05, 0.1) is 0 Å². The lowest BCUT2D eigenvalue weighted by atomic mass is 9.69. The number of hydrogen-bond donors (Lipinski definition) is 3. The minimum Gasteiger partial charge on any atom is -0.316 e. The summed E-state index contributed by atoms with van der Waals surface area (Å²) in [4.78, 5) is 13.0. The van der Waals surface area contributed by atoms with Crippen molar-refractivity contribution in [2.45, 2.75) is 82.3 Å². The van der Waals surface area contributed by atoms with Gasteiger partial charge in [-0.3, -0.25) is 4.79 Å². The molecule has 4 nitrogen and oxygen atoms in total. The molecule has 1 saturated heterocycles. The fourth-order valence-electron chi connectivity index (χ4n) is 4.84. The monoisotopic (exact) mass is 280 g/mol. The molecule has 3 N–H and O–H groups in total. The van der Waals surface area contributed by atoms with E-state index in [4.69, 9.17) is 0 Å². The molecule has 0 aromatic rings. The van der Waals surface area contributed by atoms with Crippen LogP contribution in [0.2, 0.25) is 0 Å². The van der Waals surface area contributed by atoms with Crippen molar-refractivity contribution in [3.63, 3.8) is 0 Å². The minimum atomic E-state index is -0.687. The standard InChI is InChI=1S/C16H28N2O2/c1-15(2)11-6-3-4-9-16(10-11,18-20)14(19)12-7-5-8-13(12)17-15/h11-13,17-18,20H,3-10H2,1-2H3/t11-,12-,13+,16?/m0/s1. The number of rotatable bonds is 1. The first kappa shape index (κ1) is 14.5. The first-order valence-corrected chi connectivity index (χ1v) is 8.22. The zero-order valence-electron chi connectivity index (χ0n) is 12.7. The van der Waals surface area contributed by atoms with Gasteiger partial charge in [0, 0.05) is 17.5 Å². The van der Waals surface area contributed by atoms with Gasteiger partial charge < -0.3 is 10.5 Å². The number of Topliss-reactive ketones (excluding diaryl/α,β-unsaturated/α-hetero) is 1. The van der Waals surface area contributed by atoms with Gasteiger partial charge in [-0.15, -0.1) is 0 Å². The number of carbonyl (C=O) groups excluding carboxylic acids is 1. The number of nitrogens with one attached hydrogen (secondary N) is 2. The summed E-state index contributed by atoms with van der Waals surface area (Å²) in [6.45, 7) is 4.55. The van der Waals surface area contributed by atoms with Gasteiger partial charge in [-0.2, -0.15) is 5.48 Å². The van der Waals surface area contributed by atoms with Crippen molar-refractivity contribution >= 4 is 5.78 Å². The van der Waals surface area contributed by atoms with E-state index in [0.29, 0.717) is 12.0 Å². The average Bonchev–Trinajstić information content (AvgIpc) is 2.73. The molecule has 3 rings (SSSR count). The molecule has 0 spiro atoms. The normalized spacial score (nSPS) is 44.4. The predicted octanol–water partition coefficient (Wildman–Crippen LogP) is 2.40. The highest BCUT2D eigenvalue weighted by molar-refractivity contribution is 5.91. The molecule has 3 aliphatic rings. The number of hydroxylamine groups is 1. The van der Waals surface area contributed by atoms with Crippen LogP contribution in [0, 0.1) is 11.8 Å². The molecule has 0 aromatic heterocycles. The zero-order valence-corrected chi connectivity index (χ0v) is 12.7. The van der Waals surface area contributed by atoms with Gasteiger partial charge in [0.2, 0.25) is 0 Å². The molecule has 0 aromatic carbocycles. The van der Waals surface area contributed by atoms with Crippen LogP contribution in [0.15, 0.2) is 0 Å². The fraction of sp³-hybridized carbons (Fsp3) is 0.938. The van der Waals surface area contributed by atoms with E-state index < -0.39 is 5.54 Å². The zero-order chi connectivity index (χ0) is 14.4. The maximum Gasteiger partial charge on any atom is 0.159 e. The second kappa shape index (κ2) is 5.08. The molecular formula is C16H28N2O2. The summed E-state index contributed by atoms with van der Waals surface area (Å²) in [6, 6.07) is 0.297. The molecule has 1 unspecified atom stereocenters. The Balaban J connectivity index is 2.01. The van der Waals surface area contributed by atoms with E-state index in [1.54, 1.807) is 0 Å². The van der Waals surface area contributed by atoms with Gasteiger partial charge in [0.15, 0.2) is 5.78 Å². The van der Waals surface area contributed by atoms with Crippen LogP contribution in [0.4, 0.5) is 0 Å². The largest absolute Gasteiger partial charge is 0.316 e. The smallest absolute Gasteiger partial charge is 0.159 e. The Morgan fingerprint density at radius 2 is 2.00 bits per heavy atom. The Kier molecular flexibility index (Phi) is 3.68. The van der Waals surface area contributed by atoms with E-state index in [0.717, 1.165) is 51.4 Å². The van der Waals surface area contributed by atoms with Gasteiger partial charge in [0.1, 0.15) is 5.54 Å². The average molecular weight is 280 g/mol. The predicted molar refractivity (Wildman–Crippen MR) is 77.6 cm³/mol. The third-order valence-electron chi connectivity index (χ3n) is 6.12. The van der Waals surface area contributed by atoms with E-state index in [1.165, 1.54) is 0 Å². The third kappa shape index (κ3) is 2.22. The molecule has 4 atom stereocenters. The van der Waals surface area contributed by atoms with E-state index in [-0.39, 0.29) is 17.2 Å². The molecule has 3 fully saturated rings. The number of carbonyl (C=O) groups is 1. The van der Waals surface area contributed by atoms with Crippen molar-refractivity contribution in [2.75, 3.05) is 0 Å². The molecule has 1 aliphatic heterocycles. The lowest BCUT2D eigenvalue weighted by Crippen LogP contribution is -2.63. The molecule has 20 heavy (non-hydrogen) atoms. The van der Waals surface area contributed by atoms with Gasteiger partial charge in [-0.25, -0.2) is 0 Å². The Morgan fingerprint density at radius 3 is 2.75 bits per heavy atom. The maximum atomic E-state index is 13.0. The Bertz CT molecular complexity index is 396. The molecule has 0 radical (unpaired) electrons. The molecule has 2 aliphatic carbocycles. The van der Waals surface area contributed by atoms with Crippen LogP contribution in [0.25, 0.3) is 0 Å². The summed E-state index contributed by atoms with van der Waals surface area (Å²) in [5, 5.41) is 13.6. The molecule has 1 heterocycles. The molecular weight excluding hydrogens is 252 g/mol. The van der Waals surface area contributed by atoms with Crippen molar-refractivity contribution < 1.29 is 10.0 Å². The third-order valence-corrected chi connectivity index (χ3v) is 6.12. The Labute approximate surface area is 121 Å².